The van der Waals surface area contributed by atoms with Crippen LogP contribution < -0.4 is 4.74 Å². The molecule has 1 saturated heterocycles. The number of carbonyl (C=O) groups is 1. The molecule has 0 aliphatic carbocycles. The van der Waals surface area contributed by atoms with Crippen molar-refractivity contribution >= 4 is 5.78 Å². The summed E-state index contributed by atoms with van der Waals surface area (Å²) in [6, 6.07) is 7.56. The minimum absolute atomic E-state index is 0.146. The Morgan fingerprint density at radius 2 is 1.86 bits per heavy atom. The van der Waals surface area contributed by atoms with E-state index in [1.54, 1.807) is 0 Å². The first-order valence-corrected chi connectivity index (χ1v) is 8.36. The Bertz CT molecular complexity index is 468. The van der Waals surface area contributed by atoms with Crippen molar-refractivity contribution < 1.29 is 9.53 Å². The molecule has 122 valence electrons. The number of rotatable bonds is 8. The number of para-hydroxylation sites is 1. The summed E-state index contributed by atoms with van der Waals surface area (Å²) in [4.78, 5) is 16.8. The molecule has 0 atom stereocenters. The van der Waals surface area contributed by atoms with Gasteiger partial charge >= 0.3 is 0 Å². The zero-order valence-corrected chi connectivity index (χ0v) is 13.9. The molecular formula is C18H28N2O2. The summed E-state index contributed by atoms with van der Waals surface area (Å²) in [7, 11) is 2.18. The van der Waals surface area contributed by atoms with Gasteiger partial charge in [-0.1, -0.05) is 19.1 Å². The minimum Gasteiger partial charge on any atom is -0.493 e. The SMILES string of the molecule is CCC(=O)c1ccccc1OCCCCN1CCN(C)CC1. The van der Waals surface area contributed by atoms with Crippen LogP contribution in [0.25, 0.3) is 0 Å². The second kappa shape index (κ2) is 8.91. The molecule has 4 nitrogen and oxygen atoms in total. The molecule has 1 aliphatic heterocycles. The normalized spacial score (nSPS) is 16.6. The van der Waals surface area contributed by atoms with Crippen LogP contribution in [0.2, 0.25) is 0 Å². The van der Waals surface area contributed by atoms with Gasteiger partial charge in [-0.3, -0.25) is 4.79 Å². The van der Waals surface area contributed by atoms with Crippen molar-refractivity contribution in [3.8, 4) is 5.75 Å². The predicted octanol–water partition coefficient (Wildman–Crippen LogP) is 2.69. The van der Waals surface area contributed by atoms with E-state index in [4.69, 9.17) is 4.74 Å². The smallest absolute Gasteiger partial charge is 0.166 e. The van der Waals surface area contributed by atoms with Gasteiger partial charge < -0.3 is 14.5 Å². The van der Waals surface area contributed by atoms with Crippen molar-refractivity contribution in [3.63, 3.8) is 0 Å². The molecule has 4 heteroatoms. The molecule has 2 rings (SSSR count). The number of benzene rings is 1. The van der Waals surface area contributed by atoms with E-state index in [2.05, 4.69) is 16.8 Å². The summed E-state index contributed by atoms with van der Waals surface area (Å²) in [6.07, 6.45) is 2.69. The zero-order chi connectivity index (χ0) is 15.8. The molecule has 1 aromatic carbocycles. The van der Waals surface area contributed by atoms with E-state index in [0.717, 1.165) is 25.1 Å². The van der Waals surface area contributed by atoms with Crippen LogP contribution in [0.4, 0.5) is 0 Å². The van der Waals surface area contributed by atoms with E-state index >= 15 is 0 Å². The third-order valence-corrected chi connectivity index (χ3v) is 4.23. The molecular weight excluding hydrogens is 276 g/mol. The van der Waals surface area contributed by atoms with Crippen LogP contribution in [0.15, 0.2) is 24.3 Å². The standard InChI is InChI=1S/C18H28N2O2/c1-3-17(21)16-8-4-5-9-18(16)22-15-7-6-10-20-13-11-19(2)12-14-20/h4-5,8-9H,3,6-7,10-15H2,1-2H3. The molecule has 0 radical (unpaired) electrons. The molecule has 1 fully saturated rings. The maximum absolute atomic E-state index is 11.9. The average molecular weight is 304 g/mol. The molecule has 0 unspecified atom stereocenters. The van der Waals surface area contributed by atoms with E-state index in [-0.39, 0.29) is 5.78 Å². The van der Waals surface area contributed by atoms with Gasteiger partial charge in [-0.05, 0) is 38.6 Å². The fraction of sp³-hybridized carbons (Fsp3) is 0.611. The average Bonchev–Trinajstić information content (AvgIpc) is 2.56. The number of Topliss-reactive ketones (excluding diaryl/α,β-unsaturated/α-hetero) is 1. The van der Waals surface area contributed by atoms with Gasteiger partial charge in [0.15, 0.2) is 5.78 Å². The Hall–Kier alpha value is -1.39. The highest BCUT2D eigenvalue weighted by atomic mass is 16.5. The van der Waals surface area contributed by atoms with Gasteiger partial charge in [0.05, 0.1) is 12.2 Å². The van der Waals surface area contributed by atoms with E-state index in [9.17, 15) is 4.79 Å². The van der Waals surface area contributed by atoms with Crippen molar-refractivity contribution in [2.45, 2.75) is 26.2 Å². The van der Waals surface area contributed by atoms with E-state index in [1.165, 1.54) is 26.2 Å². The number of nitrogens with zero attached hydrogens (tertiary/aromatic N) is 2. The number of likely N-dealkylation sites (N-methyl/N-ethyl adjacent to an activating group) is 1. The first kappa shape index (κ1) is 17.0. The topological polar surface area (TPSA) is 32.8 Å². The van der Waals surface area contributed by atoms with Gasteiger partial charge in [0.2, 0.25) is 0 Å². The Balaban J connectivity index is 1.68. The van der Waals surface area contributed by atoms with Crippen LogP contribution in [0.1, 0.15) is 36.5 Å². The molecule has 22 heavy (non-hydrogen) atoms. The number of ether oxygens (including phenoxy) is 1. The maximum Gasteiger partial charge on any atom is 0.166 e. The summed E-state index contributed by atoms with van der Waals surface area (Å²) in [5.74, 6) is 0.877. The third kappa shape index (κ3) is 5.11. The Morgan fingerprint density at radius 3 is 2.59 bits per heavy atom. The maximum atomic E-state index is 11.9. The summed E-state index contributed by atoms with van der Waals surface area (Å²) >= 11 is 0. The van der Waals surface area contributed by atoms with Crippen LogP contribution in [0.3, 0.4) is 0 Å². The van der Waals surface area contributed by atoms with Crippen LogP contribution in [-0.2, 0) is 0 Å². The lowest BCUT2D eigenvalue weighted by Crippen LogP contribution is -2.44. The van der Waals surface area contributed by atoms with Crippen LogP contribution in [0, 0.1) is 0 Å². The van der Waals surface area contributed by atoms with Crippen LogP contribution in [-0.4, -0.2) is 62.0 Å². The molecule has 0 saturated carbocycles. The van der Waals surface area contributed by atoms with Crippen molar-refractivity contribution in [2.75, 3.05) is 46.4 Å². The first-order chi connectivity index (χ1) is 10.7. The Kier molecular flexibility index (Phi) is 6.87. The highest BCUT2D eigenvalue weighted by Crippen LogP contribution is 2.19. The van der Waals surface area contributed by atoms with Crippen molar-refractivity contribution in [1.82, 2.24) is 9.80 Å². The molecule has 0 aromatic heterocycles. The van der Waals surface area contributed by atoms with Crippen LogP contribution in [0.5, 0.6) is 5.75 Å². The zero-order valence-electron chi connectivity index (χ0n) is 13.9. The molecule has 0 bridgehead atoms. The second-order valence-electron chi connectivity index (χ2n) is 5.97. The number of ketones is 1. The quantitative estimate of drug-likeness (QED) is 0.546. The van der Waals surface area contributed by atoms with Gasteiger partial charge in [0.1, 0.15) is 5.75 Å². The fourth-order valence-corrected chi connectivity index (χ4v) is 2.70. The molecule has 1 heterocycles. The van der Waals surface area contributed by atoms with Gasteiger partial charge in [-0.25, -0.2) is 0 Å². The highest BCUT2D eigenvalue weighted by Gasteiger charge is 2.13. The minimum atomic E-state index is 0.146. The highest BCUT2D eigenvalue weighted by molar-refractivity contribution is 5.98. The molecule has 1 aliphatic rings. The van der Waals surface area contributed by atoms with Gasteiger partial charge in [0, 0.05) is 32.6 Å². The first-order valence-electron chi connectivity index (χ1n) is 8.36. The van der Waals surface area contributed by atoms with Crippen molar-refractivity contribution in [3.05, 3.63) is 29.8 Å². The van der Waals surface area contributed by atoms with Gasteiger partial charge in [-0.15, -0.1) is 0 Å². The van der Waals surface area contributed by atoms with E-state index < -0.39 is 0 Å². The number of piperazine rings is 1. The number of carbonyl (C=O) groups excluding carboxylic acids is 1. The molecule has 0 N–H and O–H groups in total. The Labute approximate surface area is 134 Å². The summed E-state index contributed by atoms with van der Waals surface area (Å²) in [6.45, 7) is 8.39. The largest absolute Gasteiger partial charge is 0.493 e. The molecule has 0 amide bonds. The summed E-state index contributed by atoms with van der Waals surface area (Å²) in [5.41, 5.74) is 0.712. The van der Waals surface area contributed by atoms with Crippen LogP contribution >= 0.6 is 0 Å². The van der Waals surface area contributed by atoms with E-state index in [0.29, 0.717) is 18.6 Å². The third-order valence-electron chi connectivity index (χ3n) is 4.23. The number of hydrogen-bond acceptors (Lipinski definition) is 4. The van der Waals surface area contributed by atoms with Crippen molar-refractivity contribution in [1.29, 1.82) is 0 Å². The fourth-order valence-electron chi connectivity index (χ4n) is 2.70. The lowest BCUT2D eigenvalue weighted by Gasteiger charge is -2.32. The molecule has 1 aromatic rings. The number of unbranched alkanes of at least 4 members (excludes halogenated alkanes) is 1. The lowest BCUT2D eigenvalue weighted by atomic mass is 10.1. The Morgan fingerprint density at radius 1 is 1.14 bits per heavy atom. The monoisotopic (exact) mass is 304 g/mol. The summed E-state index contributed by atoms with van der Waals surface area (Å²) in [5, 5.41) is 0. The van der Waals surface area contributed by atoms with Gasteiger partial charge in [-0.2, -0.15) is 0 Å². The number of hydrogen-bond donors (Lipinski definition) is 0. The lowest BCUT2D eigenvalue weighted by molar-refractivity contribution is 0.0984. The predicted molar refractivity (Wildman–Crippen MR) is 89.7 cm³/mol. The molecule has 0 spiro atoms. The van der Waals surface area contributed by atoms with Crippen molar-refractivity contribution in [2.24, 2.45) is 0 Å². The second-order valence-corrected chi connectivity index (χ2v) is 5.97. The van der Waals surface area contributed by atoms with E-state index in [1.807, 2.05) is 31.2 Å². The van der Waals surface area contributed by atoms with Gasteiger partial charge in [0.25, 0.3) is 0 Å². The summed E-state index contributed by atoms with van der Waals surface area (Å²) < 4.78 is 5.82.